The van der Waals surface area contributed by atoms with Crippen molar-refractivity contribution in [2.45, 2.75) is 12.6 Å². The number of rotatable bonds is 4. The van der Waals surface area contributed by atoms with E-state index in [1.807, 2.05) is 0 Å². The molecule has 0 saturated carbocycles. The van der Waals surface area contributed by atoms with E-state index in [-0.39, 0.29) is 27.6 Å². The number of carbonyl (C=O) groups is 1. The number of ether oxygens (including phenoxy) is 1. The van der Waals surface area contributed by atoms with Crippen LogP contribution in [0.5, 0.6) is 0 Å². The summed E-state index contributed by atoms with van der Waals surface area (Å²) < 4.78 is 61.0. The van der Waals surface area contributed by atoms with Gasteiger partial charge in [-0.05, 0) is 35.4 Å². The number of hydrogen-bond acceptors (Lipinski definition) is 3. The summed E-state index contributed by atoms with van der Waals surface area (Å²) in [4.78, 5) is 13.1. The molecule has 0 unspecified atom stereocenters. The van der Waals surface area contributed by atoms with Gasteiger partial charge in [-0.25, -0.2) is 4.39 Å². The zero-order valence-electron chi connectivity index (χ0n) is 14.7. The van der Waals surface area contributed by atoms with Gasteiger partial charge in [0.25, 0.3) is 0 Å². The van der Waals surface area contributed by atoms with Crippen LogP contribution in [0.4, 0.5) is 23.2 Å². The van der Waals surface area contributed by atoms with Crippen molar-refractivity contribution >= 4 is 27.5 Å². The van der Waals surface area contributed by atoms with Crippen LogP contribution >= 0.6 is 15.9 Å². The highest BCUT2D eigenvalue weighted by molar-refractivity contribution is 9.10. The summed E-state index contributed by atoms with van der Waals surface area (Å²) in [5.41, 5.74) is 4.66. The predicted molar refractivity (Wildman–Crippen MR) is 100 cm³/mol. The molecular weight excluding hydrogens is 444 g/mol. The Labute approximate surface area is 167 Å². The predicted octanol–water partition coefficient (Wildman–Crippen LogP) is 4.14. The molecule has 150 valence electrons. The molecular formula is C19H17BrF4N2O2. The van der Waals surface area contributed by atoms with Gasteiger partial charge < -0.3 is 15.4 Å². The van der Waals surface area contributed by atoms with E-state index < -0.39 is 23.5 Å². The summed E-state index contributed by atoms with van der Waals surface area (Å²) in [6.45, 7) is 1.78. The first-order valence-electron chi connectivity index (χ1n) is 8.47. The number of carbonyl (C=O) groups excluding carboxylic acids is 1. The number of amides is 1. The lowest BCUT2D eigenvalue weighted by Gasteiger charge is -2.30. The zero-order chi connectivity index (χ0) is 20.5. The van der Waals surface area contributed by atoms with E-state index >= 15 is 0 Å². The number of nitrogens with zero attached hydrogens (tertiary/aromatic N) is 1. The number of alkyl halides is 3. The van der Waals surface area contributed by atoms with E-state index in [2.05, 4.69) is 15.9 Å². The quantitative estimate of drug-likeness (QED) is 0.697. The molecule has 0 aliphatic carbocycles. The van der Waals surface area contributed by atoms with Crippen LogP contribution < -0.4 is 10.6 Å². The Bertz CT molecular complexity index is 896. The number of anilines is 1. The first-order valence-corrected chi connectivity index (χ1v) is 9.26. The van der Waals surface area contributed by atoms with Gasteiger partial charge in [0.2, 0.25) is 5.91 Å². The standard InChI is InChI=1S/C19H17BrF4N2O2/c20-16-10-13(26-3-5-28-6-4-26)9-15(19(22,23)24)18(16)14-8-12(21)2-1-11(14)7-17(25)27/h1-2,8-10H,3-7H2,(H2,25,27). The first-order chi connectivity index (χ1) is 13.2. The lowest BCUT2D eigenvalue weighted by Crippen LogP contribution is -2.36. The molecule has 28 heavy (non-hydrogen) atoms. The van der Waals surface area contributed by atoms with Crippen molar-refractivity contribution in [1.29, 1.82) is 0 Å². The Balaban J connectivity index is 2.21. The lowest BCUT2D eigenvalue weighted by atomic mass is 9.92. The Hall–Kier alpha value is -2.13. The number of benzene rings is 2. The van der Waals surface area contributed by atoms with Crippen molar-refractivity contribution < 1.29 is 27.1 Å². The van der Waals surface area contributed by atoms with Gasteiger partial charge >= 0.3 is 6.18 Å². The molecule has 1 heterocycles. The number of nitrogens with two attached hydrogens (primary N) is 1. The molecule has 1 saturated heterocycles. The van der Waals surface area contributed by atoms with E-state index in [0.29, 0.717) is 32.0 Å². The maximum Gasteiger partial charge on any atom is 0.417 e. The molecule has 3 rings (SSSR count). The smallest absolute Gasteiger partial charge is 0.378 e. The zero-order valence-corrected chi connectivity index (χ0v) is 16.2. The van der Waals surface area contributed by atoms with Crippen LogP contribution in [0.15, 0.2) is 34.8 Å². The Morgan fingerprint density at radius 1 is 1.18 bits per heavy atom. The van der Waals surface area contributed by atoms with Crippen molar-refractivity contribution in [3.05, 3.63) is 51.7 Å². The molecule has 1 fully saturated rings. The number of halogens is 5. The van der Waals surface area contributed by atoms with E-state index in [1.165, 1.54) is 6.07 Å². The fraction of sp³-hybridized carbons (Fsp3) is 0.316. The number of hydrogen-bond donors (Lipinski definition) is 1. The number of primary amides is 1. The SMILES string of the molecule is NC(=O)Cc1ccc(F)cc1-c1c(Br)cc(N2CCOCC2)cc1C(F)(F)F. The van der Waals surface area contributed by atoms with Gasteiger partial charge in [-0.1, -0.05) is 22.0 Å². The molecule has 9 heteroatoms. The summed E-state index contributed by atoms with van der Waals surface area (Å²) in [6, 6.07) is 5.96. The van der Waals surface area contributed by atoms with Crippen LogP contribution in [-0.4, -0.2) is 32.2 Å². The maximum absolute atomic E-state index is 13.9. The highest BCUT2D eigenvalue weighted by Gasteiger charge is 2.36. The topological polar surface area (TPSA) is 55.6 Å². The van der Waals surface area contributed by atoms with E-state index in [0.717, 1.165) is 18.2 Å². The van der Waals surface area contributed by atoms with Gasteiger partial charge in [0.1, 0.15) is 5.82 Å². The third-order valence-corrected chi connectivity index (χ3v) is 5.09. The van der Waals surface area contributed by atoms with Crippen molar-refractivity contribution in [2.24, 2.45) is 5.73 Å². The van der Waals surface area contributed by atoms with Crippen LogP contribution in [0.2, 0.25) is 0 Å². The fourth-order valence-electron chi connectivity index (χ4n) is 3.22. The molecule has 1 aliphatic heterocycles. The normalized spacial score (nSPS) is 15.0. The van der Waals surface area contributed by atoms with Crippen LogP contribution in [-0.2, 0) is 22.1 Å². The van der Waals surface area contributed by atoms with Gasteiger partial charge in [0.15, 0.2) is 0 Å². The van der Waals surface area contributed by atoms with Crippen molar-refractivity contribution in [3.63, 3.8) is 0 Å². The lowest BCUT2D eigenvalue weighted by molar-refractivity contribution is -0.137. The molecule has 2 N–H and O–H groups in total. The van der Waals surface area contributed by atoms with Gasteiger partial charge in [-0.15, -0.1) is 0 Å². The van der Waals surface area contributed by atoms with Gasteiger partial charge in [-0.3, -0.25) is 4.79 Å². The summed E-state index contributed by atoms with van der Waals surface area (Å²) >= 11 is 3.22. The van der Waals surface area contributed by atoms with Crippen LogP contribution in [0, 0.1) is 5.82 Å². The molecule has 0 bridgehead atoms. The average molecular weight is 461 g/mol. The minimum absolute atomic E-state index is 0.0217. The molecule has 4 nitrogen and oxygen atoms in total. The van der Waals surface area contributed by atoms with E-state index in [9.17, 15) is 22.4 Å². The second-order valence-electron chi connectivity index (χ2n) is 6.39. The second-order valence-corrected chi connectivity index (χ2v) is 7.25. The van der Waals surface area contributed by atoms with Crippen LogP contribution in [0.1, 0.15) is 11.1 Å². The monoisotopic (exact) mass is 460 g/mol. The number of morpholine rings is 1. The van der Waals surface area contributed by atoms with E-state index in [1.54, 1.807) is 11.0 Å². The summed E-state index contributed by atoms with van der Waals surface area (Å²) in [5, 5.41) is 0. The second kappa shape index (κ2) is 8.08. The van der Waals surface area contributed by atoms with E-state index in [4.69, 9.17) is 10.5 Å². The third kappa shape index (κ3) is 4.47. The van der Waals surface area contributed by atoms with Gasteiger partial charge in [0, 0.05) is 28.8 Å². The molecule has 0 spiro atoms. The third-order valence-electron chi connectivity index (χ3n) is 4.46. The summed E-state index contributed by atoms with van der Waals surface area (Å²) in [5.74, 6) is -1.43. The molecule has 0 atom stereocenters. The largest absolute Gasteiger partial charge is 0.417 e. The molecule has 2 aromatic rings. The summed E-state index contributed by atoms with van der Waals surface area (Å²) in [6.07, 6.45) is -4.99. The Morgan fingerprint density at radius 3 is 2.46 bits per heavy atom. The van der Waals surface area contributed by atoms with Gasteiger partial charge in [0.05, 0.1) is 25.2 Å². The molecule has 2 aromatic carbocycles. The average Bonchev–Trinajstić information content (AvgIpc) is 2.62. The van der Waals surface area contributed by atoms with Crippen molar-refractivity contribution in [3.8, 4) is 11.1 Å². The molecule has 0 aromatic heterocycles. The minimum atomic E-state index is -4.68. The Morgan fingerprint density at radius 2 is 1.86 bits per heavy atom. The first kappa shape index (κ1) is 20.6. The molecule has 1 amide bonds. The van der Waals surface area contributed by atoms with Crippen molar-refractivity contribution in [2.75, 3.05) is 31.2 Å². The molecule has 0 radical (unpaired) electrons. The van der Waals surface area contributed by atoms with Gasteiger partial charge in [-0.2, -0.15) is 13.2 Å². The minimum Gasteiger partial charge on any atom is -0.378 e. The maximum atomic E-state index is 13.9. The molecule has 1 aliphatic rings. The summed E-state index contributed by atoms with van der Waals surface area (Å²) in [7, 11) is 0. The van der Waals surface area contributed by atoms with Crippen LogP contribution in [0.3, 0.4) is 0 Å². The van der Waals surface area contributed by atoms with Crippen LogP contribution in [0.25, 0.3) is 11.1 Å². The Kier molecular flexibility index (Phi) is 5.95. The fourth-order valence-corrected chi connectivity index (χ4v) is 3.88. The highest BCUT2D eigenvalue weighted by Crippen LogP contribution is 2.44. The van der Waals surface area contributed by atoms with Crippen molar-refractivity contribution in [1.82, 2.24) is 0 Å². The highest BCUT2D eigenvalue weighted by atomic mass is 79.9.